The normalized spacial score (nSPS) is 18.8. The average molecular weight is 439 g/mol. The zero-order valence-corrected chi connectivity index (χ0v) is 17.7. The van der Waals surface area contributed by atoms with Crippen molar-refractivity contribution in [3.05, 3.63) is 89.6 Å². The summed E-state index contributed by atoms with van der Waals surface area (Å²) in [6, 6.07) is 18.8. The minimum Gasteiger partial charge on any atom is -0.350 e. The summed E-state index contributed by atoms with van der Waals surface area (Å²) in [6.45, 7) is 3.55. The summed E-state index contributed by atoms with van der Waals surface area (Å²) >= 11 is 0. The lowest BCUT2D eigenvalue weighted by Crippen LogP contribution is -2.65. The summed E-state index contributed by atoms with van der Waals surface area (Å²) in [5.74, 6) is -0.117. The van der Waals surface area contributed by atoms with Gasteiger partial charge in [-0.25, -0.2) is 0 Å². The fourth-order valence-electron chi connectivity index (χ4n) is 3.84. The third-order valence-electron chi connectivity index (χ3n) is 6.08. The van der Waals surface area contributed by atoms with Crippen LogP contribution in [0, 0.1) is 0 Å². The van der Waals surface area contributed by atoms with E-state index in [0.717, 1.165) is 41.9 Å². The number of carbonyl (C=O) groups is 1. The fraction of sp³-hybridized carbons (Fsp3) is 0.280. The molecule has 1 saturated heterocycles. The number of carbonyl (C=O) groups excluding carboxylic acids is 1. The van der Waals surface area contributed by atoms with Gasteiger partial charge >= 0.3 is 6.18 Å². The van der Waals surface area contributed by atoms with Crippen molar-refractivity contribution >= 4 is 5.91 Å². The maximum Gasteiger partial charge on any atom is 0.416 e. The van der Waals surface area contributed by atoms with Crippen molar-refractivity contribution in [2.45, 2.75) is 38.1 Å². The smallest absolute Gasteiger partial charge is 0.350 e. The monoisotopic (exact) mass is 439 g/mol. The minimum atomic E-state index is -4.36. The van der Waals surface area contributed by atoms with Gasteiger partial charge in [0.1, 0.15) is 0 Å². The summed E-state index contributed by atoms with van der Waals surface area (Å²) in [7, 11) is 0. The maximum atomic E-state index is 12.8. The number of amides is 1. The number of hydrogen-bond donors (Lipinski definition) is 1. The third kappa shape index (κ3) is 4.67. The molecule has 0 spiro atoms. The Morgan fingerprint density at radius 1 is 1.03 bits per heavy atom. The average Bonchev–Trinajstić information content (AvgIpc) is 2.80. The van der Waals surface area contributed by atoms with Gasteiger partial charge in [-0.2, -0.15) is 13.2 Å². The number of benzene rings is 2. The van der Waals surface area contributed by atoms with Crippen LogP contribution in [0.4, 0.5) is 13.2 Å². The van der Waals surface area contributed by atoms with Crippen LogP contribution >= 0.6 is 0 Å². The molecule has 1 fully saturated rings. The first kappa shape index (κ1) is 22.0. The first-order chi connectivity index (χ1) is 15.3. The molecule has 7 heteroatoms. The molecule has 1 unspecified atom stereocenters. The van der Waals surface area contributed by atoms with Crippen molar-refractivity contribution in [1.29, 1.82) is 0 Å². The lowest BCUT2D eigenvalue weighted by molar-refractivity contribution is -0.142. The number of rotatable bonds is 6. The van der Waals surface area contributed by atoms with Gasteiger partial charge in [0.15, 0.2) is 0 Å². The summed E-state index contributed by atoms with van der Waals surface area (Å²) in [4.78, 5) is 19.3. The van der Waals surface area contributed by atoms with Gasteiger partial charge in [-0.3, -0.25) is 14.7 Å². The SMILES string of the molecule is CC1(C(=O)NCc2ccc(C(F)(F)F)cc2)CCN1Cc1ccc(-c2ccccn2)cc1. The lowest BCUT2D eigenvalue weighted by atomic mass is 9.85. The van der Waals surface area contributed by atoms with Crippen LogP contribution in [-0.4, -0.2) is 27.9 Å². The van der Waals surface area contributed by atoms with Crippen molar-refractivity contribution < 1.29 is 18.0 Å². The number of nitrogens with zero attached hydrogens (tertiary/aromatic N) is 2. The Bertz CT molecular complexity index is 1070. The van der Waals surface area contributed by atoms with E-state index in [4.69, 9.17) is 0 Å². The number of hydrogen-bond acceptors (Lipinski definition) is 3. The molecule has 32 heavy (non-hydrogen) atoms. The number of alkyl halides is 3. The number of halogens is 3. The fourth-order valence-corrected chi connectivity index (χ4v) is 3.84. The summed E-state index contributed by atoms with van der Waals surface area (Å²) < 4.78 is 38.1. The first-order valence-electron chi connectivity index (χ1n) is 10.5. The third-order valence-corrected chi connectivity index (χ3v) is 6.08. The number of pyridine rings is 1. The molecule has 0 bridgehead atoms. The summed E-state index contributed by atoms with van der Waals surface area (Å²) in [6.07, 6.45) is -1.87. The van der Waals surface area contributed by atoms with E-state index < -0.39 is 17.3 Å². The highest BCUT2D eigenvalue weighted by Crippen LogP contribution is 2.33. The van der Waals surface area contributed by atoms with Gasteiger partial charge in [-0.1, -0.05) is 42.5 Å². The minimum absolute atomic E-state index is 0.117. The van der Waals surface area contributed by atoms with E-state index >= 15 is 0 Å². The lowest BCUT2D eigenvalue weighted by Gasteiger charge is -2.49. The van der Waals surface area contributed by atoms with Crippen LogP contribution in [0.2, 0.25) is 0 Å². The Balaban J connectivity index is 1.34. The van der Waals surface area contributed by atoms with Crippen LogP contribution in [0.1, 0.15) is 30.0 Å². The van der Waals surface area contributed by atoms with Crippen LogP contribution in [0.25, 0.3) is 11.3 Å². The molecule has 1 amide bonds. The second-order valence-electron chi connectivity index (χ2n) is 8.23. The molecule has 0 aliphatic carbocycles. The molecular weight excluding hydrogens is 415 g/mol. The molecule has 2 aromatic carbocycles. The molecule has 1 N–H and O–H groups in total. The highest BCUT2D eigenvalue weighted by Gasteiger charge is 2.46. The van der Waals surface area contributed by atoms with E-state index in [2.05, 4.69) is 15.2 Å². The van der Waals surface area contributed by atoms with Crippen molar-refractivity contribution in [3.63, 3.8) is 0 Å². The zero-order chi connectivity index (χ0) is 22.8. The van der Waals surface area contributed by atoms with Gasteiger partial charge in [-0.15, -0.1) is 0 Å². The quantitative estimate of drug-likeness (QED) is 0.585. The summed E-state index contributed by atoms with van der Waals surface area (Å²) in [5.41, 5.74) is 2.35. The molecule has 1 aromatic heterocycles. The van der Waals surface area contributed by atoms with Crippen molar-refractivity contribution in [3.8, 4) is 11.3 Å². The van der Waals surface area contributed by atoms with E-state index in [0.29, 0.717) is 12.1 Å². The topological polar surface area (TPSA) is 45.2 Å². The zero-order valence-electron chi connectivity index (χ0n) is 17.7. The molecule has 1 aliphatic heterocycles. The molecule has 0 saturated carbocycles. The van der Waals surface area contributed by atoms with Gasteiger partial charge < -0.3 is 5.32 Å². The van der Waals surface area contributed by atoms with Crippen LogP contribution < -0.4 is 5.32 Å². The van der Waals surface area contributed by atoms with Crippen molar-refractivity contribution in [2.75, 3.05) is 6.54 Å². The van der Waals surface area contributed by atoms with Crippen LogP contribution in [0.5, 0.6) is 0 Å². The molecule has 4 nitrogen and oxygen atoms in total. The van der Waals surface area contributed by atoms with Gasteiger partial charge in [0, 0.05) is 31.4 Å². The molecule has 2 heterocycles. The van der Waals surface area contributed by atoms with E-state index in [1.54, 1.807) is 6.20 Å². The standard InChI is InChI=1S/C25H24F3N3O/c1-24(23(32)30-16-18-7-11-21(12-8-18)25(26,27)28)13-15-31(24)17-19-5-9-20(10-6-19)22-4-2-3-14-29-22/h2-12,14H,13,15-17H2,1H3,(H,30,32). The highest BCUT2D eigenvalue weighted by molar-refractivity contribution is 5.86. The van der Waals surface area contributed by atoms with E-state index in [1.807, 2.05) is 49.4 Å². The first-order valence-corrected chi connectivity index (χ1v) is 10.5. The molecule has 3 aromatic rings. The van der Waals surface area contributed by atoms with Crippen LogP contribution in [-0.2, 0) is 24.1 Å². The largest absolute Gasteiger partial charge is 0.416 e. The predicted molar refractivity (Wildman–Crippen MR) is 116 cm³/mol. The second kappa shape index (κ2) is 8.74. The van der Waals surface area contributed by atoms with Crippen molar-refractivity contribution in [1.82, 2.24) is 15.2 Å². The van der Waals surface area contributed by atoms with E-state index in [1.165, 1.54) is 12.1 Å². The molecule has 0 radical (unpaired) electrons. The molecular formula is C25H24F3N3O. The predicted octanol–water partition coefficient (Wildman–Crippen LogP) is 5.05. The second-order valence-corrected chi connectivity index (χ2v) is 8.23. The van der Waals surface area contributed by atoms with Crippen LogP contribution in [0.15, 0.2) is 72.9 Å². The number of aromatic nitrogens is 1. The van der Waals surface area contributed by atoms with Gasteiger partial charge in [0.25, 0.3) is 0 Å². The van der Waals surface area contributed by atoms with Gasteiger partial charge in [0.05, 0.1) is 16.8 Å². The van der Waals surface area contributed by atoms with Gasteiger partial charge in [-0.05, 0) is 48.7 Å². The molecule has 1 aliphatic rings. The Morgan fingerprint density at radius 3 is 2.28 bits per heavy atom. The molecule has 1 atom stereocenters. The number of likely N-dealkylation sites (tertiary alicyclic amines) is 1. The maximum absolute atomic E-state index is 12.8. The number of nitrogens with one attached hydrogen (secondary N) is 1. The molecule has 166 valence electrons. The Morgan fingerprint density at radius 2 is 1.72 bits per heavy atom. The molecule has 4 rings (SSSR count). The van der Waals surface area contributed by atoms with E-state index in [9.17, 15) is 18.0 Å². The Hall–Kier alpha value is -3.19. The van der Waals surface area contributed by atoms with Gasteiger partial charge in [0.2, 0.25) is 5.91 Å². The van der Waals surface area contributed by atoms with E-state index in [-0.39, 0.29) is 12.5 Å². The van der Waals surface area contributed by atoms with Crippen molar-refractivity contribution in [2.24, 2.45) is 0 Å². The Kier molecular flexibility index (Phi) is 6.02. The van der Waals surface area contributed by atoms with Crippen LogP contribution in [0.3, 0.4) is 0 Å². The highest BCUT2D eigenvalue weighted by atomic mass is 19.4. The summed E-state index contributed by atoms with van der Waals surface area (Å²) in [5, 5.41) is 2.88. The Labute approximate surface area is 185 Å².